The second-order valence-corrected chi connectivity index (χ2v) is 5.41. The molecule has 1 aliphatic carbocycles. The number of carbonyl (C=O) groups excluding carboxylic acids is 1. The number of hydrogen-bond donors (Lipinski definition) is 1. The number of nitro benzene ring substituents is 1. The molecule has 3 rings (SSSR count). The third kappa shape index (κ3) is 4.26. The summed E-state index contributed by atoms with van der Waals surface area (Å²) in [5.41, 5.74) is 2.72. The summed E-state index contributed by atoms with van der Waals surface area (Å²) < 4.78 is 5.57. The SMILES string of the molecule is O=C(ONCC1CC1)c1cc(Oc2ccc([N+](=O)[O-])cc2)ccn1. The maximum absolute atomic E-state index is 11.9. The molecule has 0 radical (unpaired) electrons. The van der Waals surface area contributed by atoms with E-state index in [-0.39, 0.29) is 11.4 Å². The Morgan fingerprint density at radius 1 is 1.25 bits per heavy atom. The van der Waals surface area contributed by atoms with Crippen LogP contribution in [-0.2, 0) is 4.84 Å². The van der Waals surface area contributed by atoms with Crippen molar-refractivity contribution in [2.45, 2.75) is 12.8 Å². The van der Waals surface area contributed by atoms with Crippen LogP contribution >= 0.6 is 0 Å². The summed E-state index contributed by atoms with van der Waals surface area (Å²) in [6.45, 7) is 0.644. The quantitative estimate of drug-likeness (QED) is 0.615. The predicted octanol–water partition coefficient (Wildman–Crippen LogP) is 2.85. The van der Waals surface area contributed by atoms with Crippen molar-refractivity contribution in [3.05, 3.63) is 58.4 Å². The van der Waals surface area contributed by atoms with Crippen LogP contribution in [-0.4, -0.2) is 22.4 Å². The molecule has 124 valence electrons. The Labute approximate surface area is 137 Å². The third-order valence-corrected chi connectivity index (χ3v) is 3.46. The Kier molecular flexibility index (Phi) is 4.66. The lowest BCUT2D eigenvalue weighted by molar-refractivity contribution is -0.384. The van der Waals surface area contributed by atoms with Crippen molar-refractivity contribution >= 4 is 11.7 Å². The van der Waals surface area contributed by atoms with E-state index < -0.39 is 10.9 Å². The molecule has 24 heavy (non-hydrogen) atoms. The van der Waals surface area contributed by atoms with Crippen LogP contribution in [0.15, 0.2) is 42.6 Å². The Morgan fingerprint density at radius 2 is 2.00 bits per heavy atom. The number of hydrogen-bond acceptors (Lipinski definition) is 7. The Balaban J connectivity index is 1.61. The van der Waals surface area contributed by atoms with Crippen molar-refractivity contribution < 1.29 is 19.3 Å². The highest BCUT2D eigenvalue weighted by Gasteiger charge is 2.21. The summed E-state index contributed by atoms with van der Waals surface area (Å²) in [4.78, 5) is 30.9. The molecule has 1 N–H and O–H groups in total. The van der Waals surface area contributed by atoms with E-state index in [1.54, 1.807) is 6.07 Å². The topological polar surface area (TPSA) is 104 Å². The second kappa shape index (κ2) is 7.05. The van der Waals surface area contributed by atoms with Crippen molar-refractivity contribution in [2.24, 2.45) is 5.92 Å². The third-order valence-electron chi connectivity index (χ3n) is 3.46. The largest absolute Gasteiger partial charge is 0.457 e. The number of ether oxygens (including phenoxy) is 1. The van der Waals surface area contributed by atoms with Gasteiger partial charge in [0.1, 0.15) is 11.5 Å². The lowest BCUT2D eigenvalue weighted by atomic mass is 10.3. The van der Waals surface area contributed by atoms with Crippen LogP contribution in [0.25, 0.3) is 0 Å². The van der Waals surface area contributed by atoms with E-state index in [4.69, 9.17) is 9.57 Å². The minimum atomic E-state index is -0.593. The molecule has 0 atom stereocenters. The number of hydroxylamine groups is 1. The zero-order valence-corrected chi connectivity index (χ0v) is 12.7. The highest BCUT2D eigenvalue weighted by Crippen LogP contribution is 2.27. The molecule has 8 heteroatoms. The number of nitrogens with zero attached hydrogens (tertiary/aromatic N) is 2. The fourth-order valence-electron chi connectivity index (χ4n) is 1.96. The summed E-state index contributed by atoms with van der Waals surface area (Å²) in [7, 11) is 0. The molecular weight excluding hydrogens is 314 g/mol. The van der Waals surface area contributed by atoms with Crippen molar-refractivity contribution in [3.63, 3.8) is 0 Å². The van der Waals surface area contributed by atoms with Gasteiger partial charge in [0, 0.05) is 30.9 Å². The number of aromatic nitrogens is 1. The molecule has 8 nitrogen and oxygen atoms in total. The van der Waals surface area contributed by atoms with E-state index in [0.717, 1.165) is 12.8 Å². The molecule has 1 aromatic heterocycles. The first-order valence-electron chi connectivity index (χ1n) is 7.44. The van der Waals surface area contributed by atoms with Crippen molar-refractivity contribution in [2.75, 3.05) is 6.54 Å². The fourth-order valence-corrected chi connectivity index (χ4v) is 1.96. The molecule has 2 aromatic rings. The maximum atomic E-state index is 11.9. The van der Waals surface area contributed by atoms with E-state index in [0.29, 0.717) is 24.0 Å². The van der Waals surface area contributed by atoms with Crippen molar-refractivity contribution in [1.29, 1.82) is 0 Å². The van der Waals surface area contributed by atoms with Crippen LogP contribution in [0.5, 0.6) is 11.5 Å². The molecule has 0 spiro atoms. The number of nitrogens with one attached hydrogen (secondary N) is 1. The molecule has 1 saturated carbocycles. The zero-order chi connectivity index (χ0) is 16.9. The van der Waals surface area contributed by atoms with Gasteiger partial charge in [0.25, 0.3) is 5.69 Å². The molecule has 0 amide bonds. The highest BCUT2D eigenvalue weighted by atomic mass is 16.7. The lowest BCUT2D eigenvalue weighted by Gasteiger charge is -2.07. The highest BCUT2D eigenvalue weighted by molar-refractivity contribution is 5.87. The second-order valence-electron chi connectivity index (χ2n) is 5.41. The van der Waals surface area contributed by atoms with Gasteiger partial charge in [0.2, 0.25) is 0 Å². The Hall–Kier alpha value is -3.00. The first-order valence-corrected chi connectivity index (χ1v) is 7.44. The van der Waals surface area contributed by atoms with Crippen LogP contribution < -0.4 is 10.2 Å². The van der Waals surface area contributed by atoms with Gasteiger partial charge in [0.15, 0.2) is 5.69 Å². The molecule has 0 saturated heterocycles. The summed E-state index contributed by atoms with van der Waals surface area (Å²) >= 11 is 0. The number of carbonyl (C=O) groups is 1. The minimum Gasteiger partial charge on any atom is -0.457 e. The summed E-state index contributed by atoms with van der Waals surface area (Å²) in [5.74, 6) is 0.790. The molecule has 0 aliphatic heterocycles. The number of nitro groups is 1. The standard InChI is InChI=1S/C16H15N3O5/c20-16(24-18-10-11-1-2-11)15-9-14(7-8-17-15)23-13-5-3-12(4-6-13)19(21)22/h3-9,11,18H,1-2,10H2. The summed E-state index contributed by atoms with van der Waals surface area (Å²) in [5, 5.41) is 10.6. The summed E-state index contributed by atoms with van der Waals surface area (Å²) in [6, 6.07) is 8.67. The minimum absolute atomic E-state index is 0.0249. The predicted molar refractivity (Wildman–Crippen MR) is 83.5 cm³/mol. The lowest BCUT2D eigenvalue weighted by Crippen LogP contribution is -2.22. The van der Waals surface area contributed by atoms with Crippen LogP contribution in [0.1, 0.15) is 23.3 Å². The van der Waals surface area contributed by atoms with Gasteiger partial charge in [-0.05, 0) is 37.0 Å². The van der Waals surface area contributed by atoms with Gasteiger partial charge in [-0.2, -0.15) is 5.48 Å². The Bertz CT molecular complexity index is 744. The van der Waals surface area contributed by atoms with Gasteiger partial charge in [0.05, 0.1) is 4.92 Å². The smallest absolute Gasteiger partial charge is 0.375 e. The van der Waals surface area contributed by atoms with Gasteiger partial charge in [-0.1, -0.05) is 0 Å². The van der Waals surface area contributed by atoms with E-state index >= 15 is 0 Å². The first-order chi connectivity index (χ1) is 11.6. The van der Waals surface area contributed by atoms with Crippen LogP contribution in [0, 0.1) is 16.0 Å². The average molecular weight is 329 g/mol. The van der Waals surface area contributed by atoms with Crippen LogP contribution in [0.4, 0.5) is 5.69 Å². The Morgan fingerprint density at radius 3 is 2.67 bits per heavy atom. The van der Waals surface area contributed by atoms with Crippen LogP contribution in [0.3, 0.4) is 0 Å². The number of rotatable bonds is 7. The van der Waals surface area contributed by atoms with Gasteiger partial charge in [-0.25, -0.2) is 9.78 Å². The van der Waals surface area contributed by atoms with E-state index in [2.05, 4.69) is 10.5 Å². The van der Waals surface area contributed by atoms with Gasteiger partial charge in [-0.3, -0.25) is 10.1 Å². The molecule has 1 fully saturated rings. The van der Waals surface area contributed by atoms with E-state index in [9.17, 15) is 14.9 Å². The van der Waals surface area contributed by atoms with E-state index in [1.165, 1.54) is 36.5 Å². The number of non-ortho nitro benzene ring substituents is 1. The maximum Gasteiger partial charge on any atom is 0.375 e. The molecule has 1 aromatic carbocycles. The molecule has 1 heterocycles. The van der Waals surface area contributed by atoms with Gasteiger partial charge < -0.3 is 9.57 Å². The number of pyridine rings is 1. The average Bonchev–Trinajstić information content (AvgIpc) is 3.40. The van der Waals surface area contributed by atoms with E-state index in [1.807, 2.05) is 0 Å². The van der Waals surface area contributed by atoms with Gasteiger partial charge in [-0.15, -0.1) is 0 Å². The normalized spacial score (nSPS) is 13.3. The van der Waals surface area contributed by atoms with Crippen molar-refractivity contribution in [1.82, 2.24) is 10.5 Å². The summed E-state index contributed by atoms with van der Waals surface area (Å²) in [6.07, 6.45) is 3.74. The molecular formula is C16H15N3O5. The first kappa shape index (κ1) is 15.9. The fraction of sp³-hybridized carbons (Fsp3) is 0.250. The van der Waals surface area contributed by atoms with Crippen molar-refractivity contribution in [3.8, 4) is 11.5 Å². The molecule has 0 bridgehead atoms. The molecule has 1 aliphatic rings. The molecule has 0 unspecified atom stereocenters. The monoisotopic (exact) mass is 329 g/mol. The number of benzene rings is 1. The van der Waals surface area contributed by atoms with Gasteiger partial charge >= 0.3 is 5.97 Å². The van der Waals surface area contributed by atoms with Crippen LogP contribution in [0.2, 0.25) is 0 Å². The zero-order valence-electron chi connectivity index (χ0n) is 12.7.